The van der Waals surface area contributed by atoms with Crippen LogP contribution in [0.5, 0.6) is 0 Å². The van der Waals surface area contributed by atoms with Crippen LogP contribution in [0.4, 0.5) is 17.6 Å². The quantitative estimate of drug-likeness (QED) is 0.359. The predicted molar refractivity (Wildman–Crippen MR) is 51.2 cm³/mol. The van der Waals surface area contributed by atoms with Crippen molar-refractivity contribution in [2.75, 3.05) is 0 Å². The highest BCUT2D eigenvalue weighted by atomic mass is 32.2. The van der Waals surface area contributed by atoms with Crippen LogP contribution in [0.1, 0.15) is 25.7 Å². The SMILES string of the molecule is OOOSC(F)(F)C(F)(F)C1CC2CCC1C2. The van der Waals surface area contributed by atoms with E-state index >= 15 is 0 Å². The summed E-state index contributed by atoms with van der Waals surface area (Å²) >= 11 is -0.856. The topological polar surface area (TPSA) is 38.7 Å². The average Bonchev–Trinajstić information content (AvgIpc) is 2.87. The third-order valence-corrected chi connectivity index (χ3v) is 4.37. The fourth-order valence-electron chi connectivity index (χ4n) is 3.02. The van der Waals surface area contributed by atoms with Crippen molar-refractivity contribution in [2.24, 2.45) is 17.8 Å². The minimum atomic E-state index is -4.41. The van der Waals surface area contributed by atoms with Crippen LogP contribution in [0.15, 0.2) is 0 Å². The average molecular weight is 276 g/mol. The van der Waals surface area contributed by atoms with E-state index in [0.29, 0.717) is 12.8 Å². The molecule has 100 valence electrons. The normalized spacial score (nSPS) is 33.4. The van der Waals surface area contributed by atoms with Gasteiger partial charge in [0.1, 0.15) is 12.0 Å². The number of alkyl halides is 4. The monoisotopic (exact) mass is 276 g/mol. The Labute approximate surface area is 99.5 Å². The second kappa shape index (κ2) is 4.56. The Hall–Kier alpha value is -0.0500. The predicted octanol–water partition coefficient (Wildman–Crippen LogP) is 3.72. The Morgan fingerprint density at radius 3 is 2.29 bits per heavy atom. The van der Waals surface area contributed by atoms with E-state index in [1.54, 1.807) is 0 Å². The molecule has 2 aliphatic rings. The molecule has 1 N–H and O–H groups in total. The summed E-state index contributed by atoms with van der Waals surface area (Å²) in [4.78, 5) is 0. The Kier molecular flexibility index (Phi) is 3.59. The molecule has 0 spiro atoms. The van der Waals surface area contributed by atoms with Gasteiger partial charge < -0.3 is 0 Å². The summed E-state index contributed by atoms with van der Waals surface area (Å²) in [5.41, 5.74) is 0. The van der Waals surface area contributed by atoms with Crippen LogP contribution >= 0.6 is 12.0 Å². The lowest BCUT2D eigenvalue weighted by Crippen LogP contribution is -2.46. The van der Waals surface area contributed by atoms with Crippen LogP contribution in [0, 0.1) is 17.8 Å². The van der Waals surface area contributed by atoms with Gasteiger partial charge in [0.15, 0.2) is 0 Å². The second-order valence-electron chi connectivity index (χ2n) is 4.65. The molecule has 0 radical (unpaired) electrons. The number of rotatable bonds is 5. The maximum Gasteiger partial charge on any atom is 0.383 e. The lowest BCUT2D eigenvalue weighted by molar-refractivity contribution is -0.434. The van der Waals surface area contributed by atoms with Gasteiger partial charge in [0, 0.05) is 5.92 Å². The van der Waals surface area contributed by atoms with Crippen LogP contribution < -0.4 is 0 Å². The fourth-order valence-corrected chi connectivity index (χ4v) is 3.40. The highest BCUT2D eigenvalue weighted by molar-refractivity contribution is 7.95. The van der Waals surface area contributed by atoms with Gasteiger partial charge in [-0.2, -0.15) is 17.6 Å². The number of halogens is 4. The standard InChI is InChI=1S/C9H12F4O3S/c10-8(11,9(12,13)17-16-15-14)7-4-5-1-2-6(7)3-5/h5-7,14H,1-4H2. The smallest absolute Gasteiger partial charge is 0.220 e. The van der Waals surface area contributed by atoms with Gasteiger partial charge in [-0.05, 0) is 31.1 Å². The van der Waals surface area contributed by atoms with E-state index < -0.39 is 29.1 Å². The lowest BCUT2D eigenvalue weighted by Gasteiger charge is -2.33. The Bertz CT molecular complexity index is 289. The molecule has 3 atom stereocenters. The van der Waals surface area contributed by atoms with Gasteiger partial charge in [-0.25, -0.2) is 5.26 Å². The van der Waals surface area contributed by atoms with Crippen molar-refractivity contribution >= 4 is 12.0 Å². The van der Waals surface area contributed by atoms with Gasteiger partial charge in [-0.15, -0.1) is 4.33 Å². The van der Waals surface area contributed by atoms with E-state index in [0.717, 1.165) is 6.42 Å². The van der Waals surface area contributed by atoms with Crippen molar-refractivity contribution in [3.63, 3.8) is 0 Å². The van der Waals surface area contributed by atoms with Crippen LogP contribution in [0.3, 0.4) is 0 Å². The van der Waals surface area contributed by atoms with Crippen LogP contribution in [-0.4, -0.2) is 16.4 Å². The summed E-state index contributed by atoms with van der Waals surface area (Å²) in [5, 5.41) is 6.28. The highest BCUT2D eigenvalue weighted by Crippen LogP contribution is 2.59. The molecule has 0 amide bonds. The lowest BCUT2D eigenvalue weighted by atomic mass is 9.84. The molecule has 0 aromatic rings. The summed E-state index contributed by atoms with van der Waals surface area (Å²) in [7, 11) is 0. The first-order valence-corrected chi connectivity index (χ1v) is 6.04. The fraction of sp³-hybridized carbons (Fsp3) is 1.00. The number of fused-ring (bicyclic) bond motifs is 2. The molecule has 0 saturated heterocycles. The van der Waals surface area contributed by atoms with Crippen molar-refractivity contribution in [2.45, 2.75) is 36.9 Å². The van der Waals surface area contributed by atoms with Gasteiger partial charge >= 0.3 is 11.2 Å². The van der Waals surface area contributed by atoms with Gasteiger partial charge in [-0.1, -0.05) is 11.5 Å². The third-order valence-electron chi connectivity index (χ3n) is 3.76. The Morgan fingerprint density at radius 1 is 1.12 bits per heavy atom. The van der Waals surface area contributed by atoms with E-state index in [1.807, 2.05) is 0 Å². The Balaban J connectivity index is 2.06. The molecule has 0 aromatic heterocycles. The molecule has 0 aliphatic heterocycles. The van der Waals surface area contributed by atoms with Crippen LogP contribution in [0.25, 0.3) is 0 Å². The number of hydrogen-bond donors (Lipinski definition) is 1. The van der Waals surface area contributed by atoms with Gasteiger partial charge in [-0.3, -0.25) is 0 Å². The molecular weight excluding hydrogens is 264 g/mol. The molecule has 8 heteroatoms. The van der Waals surface area contributed by atoms with Gasteiger partial charge in [0.05, 0.1) is 0 Å². The highest BCUT2D eigenvalue weighted by Gasteiger charge is 2.66. The van der Waals surface area contributed by atoms with Crippen molar-refractivity contribution < 1.29 is 32.2 Å². The molecule has 2 bridgehead atoms. The summed E-state index contributed by atoms with van der Waals surface area (Å²) in [6, 6.07) is 0. The molecule has 3 unspecified atom stereocenters. The first-order chi connectivity index (χ1) is 7.88. The van der Waals surface area contributed by atoms with Crippen LogP contribution in [0.2, 0.25) is 0 Å². The maximum atomic E-state index is 13.7. The van der Waals surface area contributed by atoms with Gasteiger partial charge in [0.2, 0.25) is 0 Å². The summed E-state index contributed by atoms with van der Waals surface area (Å²) < 4.78 is 57.4. The molecule has 2 rings (SSSR count). The van der Waals surface area contributed by atoms with Crippen molar-refractivity contribution in [1.29, 1.82) is 0 Å². The van der Waals surface area contributed by atoms with E-state index in [-0.39, 0.29) is 18.3 Å². The molecule has 2 saturated carbocycles. The van der Waals surface area contributed by atoms with E-state index in [1.165, 1.54) is 0 Å². The van der Waals surface area contributed by atoms with Crippen LogP contribution in [-0.2, 0) is 9.37 Å². The van der Waals surface area contributed by atoms with Gasteiger partial charge in [0.25, 0.3) is 0 Å². The molecule has 2 aliphatic carbocycles. The van der Waals surface area contributed by atoms with Crippen molar-refractivity contribution in [3.8, 4) is 0 Å². The Morgan fingerprint density at radius 2 is 1.82 bits per heavy atom. The first kappa shape index (κ1) is 13.4. The van der Waals surface area contributed by atoms with E-state index in [4.69, 9.17) is 5.26 Å². The maximum absolute atomic E-state index is 13.7. The molecule has 2 fully saturated rings. The minimum Gasteiger partial charge on any atom is -0.220 e. The molecule has 0 aromatic carbocycles. The second-order valence-corrected chi connectivity index (χ2v) is 5.46. The first-order valence-electron chi connectivity index (χ1n) is 5.30. The largest absolute Gasteiger partial charge is 0.383 e. The summed E-state index contributed by atoms with van der Waals surface area (Å²) in [5.74, 6) is -5.66. The van der Waals surface area contributed by atoms with Crippen molar-refractivity contribution in [3.05, 3.63) is 0 Å². The van der Waals surface area contributed by atoms with Crippen molar-refractivity contribution in [1.82, 2.24) is 0 Å². The minimum absolute atomic E-state index is 0.133. The summed E-state index contributed by atoms with van der Waals surface area (Å²) in [6.45, 7) is 0. The molecule has 17 heavy (non-hydrogen) atoms. The molecule has 3 nitrogen and oxygen atoms in total. The number of hydrogen-bond acceptors (Lipinski definition) is 4. The van der Waals surface area contributed by atoms with E-state index in [9.17, 15) is 17.6 Å². The zero-order valence-corrected chi connectivity index (χ0v) is 9.56. The zero-order chi connectivity index (χ0) is 12.7. The summed E-state index contributed by atoms with van der Waals surface area (Å²) in [6.07, 6.45) is 2.18. The third kappa shape index (κ3) is 2.27. The molecular formula is C9H12F4O3S. The zero-order valence-electron chi connectivity index (χ0n) is 8.74. The van der Waals surface area contributed by atoms with E-state index in [2.05, 4.69) is 9.37 Å². The molecule has 0 heterocycles.